The molecule has 0 aliphatic heterocycles. The van der Waals surface area contributed by atoms with Crippen LogP contribution in [0, 0.1) is 6.92 Å². The average Bonchev–Trinajstić information content (AvgIpc) is 3.13. The summed E-state index contributed by atoms with van der Waals surface area (Å²) in [6.45, 7) is 10.2. The molecule has 1 unspecified atom stereocenters. The second-order valence-corrected chi connectivity index (χ2v) is 7.71. The van der Waals surface area contributed by atoms with E-state index in [9.17, 15) is 4.79 Å². The predicted molar refractivity (Wildman–Crippen MR) is 137 cm³/mol. The molecule has 0 bridgehead atoms. The molecular formula is C22H33IN4O3S. The number of unbranched alkanes of at least 4 members (excludes halogenated alkanes) is 1. The van der Waals surface area contributed by atoms with Gasteiger partial charge in [-0.3, -0.25) is 4.99 Å². The van der Waals surface area contributed by atoms with Crippen molar-refractivity contribution >= 4 is 47.2 Å². The van der Waals surface area contributed by atoms with Crippen molar-refractivity contribution in [2.24, 2.45) is 4.99 Å². The molecule has 2 aromatic rings. The van der Waals surface area contributed by atoms with E-state index in [-0.39, 0.29) is 36.0 Å². The molecule has 0 fully saturated rings. The van der Waals surface area contributed by atoms with E-state index in [1.165, 1.54) is 11.3 Å². The topological polar surface area (TPSA) is 84.8 Å². The van der Waals surface area contributed by atoms with E-state index in [1.54, 1.807) is 6.92 Å². The molecular weight excluding hydrogens is 527 g/mol. The number of rotatable bonds is 11. The van der Waals surface area contributed by atoms with Crippen LogP contribution in [-0.4, -0.2) is 43.2 Å². The second-order valence-electron chi connectivity index (χ2n) is 6.68. The maximum absolute atomic E-state index is 12.0. The number of hydrogen-bond donors (Lipinski definition) is 2. The summed E-state index contributed by atoms with van der Waals surface area (Å²) in [6, 6.07) is 9.75. The van der Waals surface area contributed by atoms with Crippen LogP contribution in [0.4, 0.5) is 0 Å². The Morgan fingerprint density at radius 1 is 1.23 bits per heavy atom. The molecule has 1 heterocycles. The Hall–Kier alpha value is -1.88. The maximum atomic E-state index is 12.0. The lowest BCUT2D eigenvalue weighted by molar-refractivity contribution is 0.0531. The molecule has 172 valence electrons. The van der Waals surface area contributed by atoms with Gasteiger partial charge in [-0.2, -0.15) is 0 Å². The Balaban J connectivity index is 0.00000480. The highest BCUT2D eigenvalue weighted by molar-refractivity contribution is 14.0. The van der Waals surface area contributed by atoms with E-state index < -0.39 is 0 Å². The zero-order chi connectivity index (χ0) is 21.8. The summed E-state index contributed by atoms with van der Waals surface area (Å²) in [7, 11) is 0. The molecule has 0 radical (unpaired) electrons. The number of thiazole rings is 1. The summed E-state index contributed by atoms with van der Waals surface area (Å²) in [4.78, 5) is 21.8. The number of para-hydroxylation sites is 1. The van der Waals surface area contributed by atoms with Gasteiger partial charge in [-0.1, -0.05) is 18.2 Å². The normalized spacial score (nSPS) is 11.9. The molecule has 31 heavy (non-hydrogen) atoms. The molecule has 0 spiro atoms. The minimum Gasteiger partial charge on any atom is -0.494 e. The van der Waals surface area contributed by atoms with Gasteiger partial charge in [0.15, 0.2) is 5.96 Å². The van der Waals surface area contributed by atoms with Crippen LogP contribution < -0.4 is 15.4 Å². The largest absolute Gasteiger partial charge is 0.494 e. The maximum Gasteiger partial charge on any atom is 0.350 e. The first kappa shape index (κ1) is 27.2. The number of aliphatic imine (C=N–C) groups is 1. The van der Waals surface area contributed by atoms with Gasteiger partial charge in [0.2, 0.25) is 0 Å². The minimum atomic E-state index is -0.316. The molecule has 7 nitrogen and oxygen atoms in total. The van der Waals surface area contributed by atoms with Crippen LogP contribution in [0.1, 0.15) is 60.0 Å². The van der Waals surface area contributed by atoms with Crippen LogP contribution in [0.3, 0.4) is 0 Å². The number of hydrogen-bond acceptors (Lipinski definition) is 6. The van der Waals surface area contributed by atoms with Gasteiger partial charge in [0.1, 0.15) is 15.6 Å². The zero-order valence-electron chi connectivity index (χ0n) is 18.6. The van der Waals surface area contributed by atoms with E-state index in [0.29, 0.717) is 30.3 Å². The monoisotopic (exact) mass is 560 g/mol. The van der Waals surface area contributed by atoms with E-state index >= 15 is 0 Å². The third kappa shape index (κ3) is 9.42. The highest BCUT2D eigenvalue weighted by Gasteiger charge is 2.20. The van der Waals surface area contributed by atoms with E-state index in [1.807, 2.05) is 51.1 Å². The van der Waals surface area contributed by atoms with Crippen LogP contribution in [0.2, 0.25) is 0 Å². The van der Waals surface area contributed by atoms with Gasteiger partial charge in [-0.05, 0) is 52.7 Å². The van der Waals surface area contributed by atoms with Gasteiger partial charge in [0.05, 0.1) is 24.9 Å². The Bertz CT molecular complexity index is 814. The van der Waals surface area contributed by atoms with Gasteiger partial charge in [0, 0.05) is 13.1 Å². The number of carbonyl (C=O) groups is 1. The number of nitrogens with one attached hydrogen (secondary N) is 2. The molecule has 0 saturated carbocycles. The lowest BCUT2D eigenvalue weighted by Gasteiger charge is -2.16. The molecule has 1 aromatic carbocycles. The van der Waals surface area contributed by atoms with Crippen molar-refractivity contribution < 1.29 is 14.3 Å². The first-order chi connectivity index (χ1) is 14.5. The lowest BCUT2D eigenvalue weighted by Crippen LogP contribution is -2.38. The Kier molecular flexibility index (Phi) is 13.1. The van der Waals surface area contributed by atoms with Crippen LogP contribution in [0.25, 0.3) is 0 Å². The van der Waals surface area contributed by atoms with Crippen molar-refractivity contribution in [2.45, 2.75) is 46.6 Å². The molecule has 0 saturated heterocycles. The third-order valence-electron chi connectivity index (χ3n) is 4.18. The fraction of sp³-hybridized carbons (Fsp3) is 0.500. The van der Waals surface area contributed by atoms with E-state index in [2.05, 4.69) is 20.6 Å². The number of carbonyl (C=O) groups excluding carboxylic acids is 1. The summed E-state index contributed by atoms with van der Waals surface area (Å²) in [5, 5.41) is 7.45. The third-order valence-corrected chi connectivity index (χ3v) is 5.50. The quantitative estimate of drug-likeness (QED) is 0.136. The van der Waals surface area contributed by atoms with Gasteiger partial charge in [0.25, 0.3) is 0 Å². The molecule has 2 rings (SSSR count). The predicted octanol–water partition coefficient (Wildman–Crippen LogP) is 4.72. The fourth-order valence-electron chi connectivity index (χ4n) is 2.69. The molecule has 2 N–H and O–H groups in total. The van der Waals surface area contributed by atoms with Gasteiger partial charge in [-0.15, -0.1) is 35.3 Å². The van der Waals surface area contributed by atoms with Crippen molar-refractivity contribution in [1.29, 1.82) is 0 Å². The summed E-state index contributed by atoms with van der Waals surface area (Å²) in [6.07, 6.45) is 1.86. The first-order valence-electron chi connectivity index (χ1n) is 10.4. The number of halogens is 1. The number of guanidine groups is 1. The highest BCUT2D eigenvalue weighted by Crippen LogP contribution is 2.24. The van der Waals surface area contributed by atoms with Crippen molar-refractivity contribution in [3.63, 3.8) is 0 Å². The summed E-state index contributed by atoms with van der Waals surface area (Å²) in [5.74, 6) is 1.31. The summed E-state index contributed by atoms with van der Waals surface area (Å²) < 4.78 is 10.8. The van der Waals surface area contributed by atoms with Crippen LogP contribution >= 0.6 is 35.3 Å². The van der Waals surface area contributed by atoms with Gasteiger partial charge < -0.3 is 20.1 Å². The summed E-state index contributed by atoms with van der Waals surface area (Å²) >= 11 is 1.36. The first-order valence-corrected chi connectivity index (χ1v) is 11.2. The summed E-state index contributed by atoms with van der Waals surface area (Å²) in [5.41, 5.74) is 0.697. The molecule has 9 heteroatoms. The lowest BCUT2D eigenvalue weighted by atomic mass is 10.3. The number of ether oxygens (including phenoxy) is 2. The molecule has 0 aliphatic carbocycles. The Morgan fingerprint density at radius 3 is 2.65 bits per heavy atom. The van der Waals surface area contributed by atoms with Crippen molar-refractivity contribution in [2.75, 3.05) is 26.3 Å². The van der Waals surface area contributed by atoms with Crippen LogP contribution in [0.5, 0.6) is 5.75 Å². The number of aryl methyl sites for hydroxylation is 1. The average molecular weight is 561 g/mol. The SMILES string of the molecule is CCNC(=NCCCCOc1ccccc1)NC(C)c1nc(C)c(C(=O)OCC)s1.I. The van der Waals surface area contributed by atoms with Gasteiger partial charge >= 0.3 is 5.97 Å². The molecule has 1 atom stereocenters. The van der Waals surface area contributed by atoms with Crippen LogP contribution in [-0.2, 0) is 4.74 Å². The zero-order valence-corrected chi connectivity index (χ0v) is 21.8. The second kappa shape index (κ2) is 15.0. The number of aromatic nitrogens is 1. The minimum absolute atomic E-state index is 0. The van der Waals surface area contributed by atoms with E-state index in [4.69, 9.17) is 9.47 Å². The Labute approximate surface area is 206 Å². The molecule has 1 aromatic heterocycles. The van der Waals surface area contributed by atoms with E-state index in [0.717, 1.165) is 36.1 Å². The number of esters is 1. The van der Waals surface area contributed by atoms with Crippen LogP contribution in [0.15, 0.2) is 35.3 Å². The Morgan fingerprint density at radius 2 is 1.97 bits per heavy atom. The van der Waals surface area contributed by atoms with Gasteiger partial charge in [-0.25, -0.2) is 9.78 Å². The molecule has 0 aliphatic rings. The smallest absolute Gasteiger partial charge is 0.350 e. The van der Waals surface area contributed by atoms with Crippen molar-refractivity contribution in [3.8, 4) is 5.75 Å². The van der Waals surface area contributed by atoms with Crippen molar-refractivity contribution in [3.05, 3.63) is 45.9 Å². The standard InChI is InChI=1S/C22H32N4O3S.HI/c1-5-23-22(24-14-10-11-15-29-18-12-8-7-9-13-18)26-17(4)20-25-16(3)19(30-20)21(27)28-6-2;/h7-9,12-13,17H,5-6,10-11,14-15H2,1-4H3,(H2,23,24,26);1H. The highest BCUT2D eigenvalue weighted by atomic mass is 127. The number of benzene rings is 1. The number of nitrogens with zero attached hydrogens (tertiary/aromatic N) is 2. The molecule has 0 amide bonds. The van der Waals surface area contributed by atoms with Crippen molar-refractivity contribution in [1.82, 2.24) is 15.6 Å². The fourth-order valence-corrected chi connectivity index (χ4v) is 3.65.